The van der Waals surface area contributed by atoms with Crippen molar-refractivity contribution >= 4 is 23.7 Å². The summed E-state index contributed by atoms with van der Waals surface area (Å²) in [7, 11) is 0. The Morgan fingerprint density at radius 3 is 2.12 bits per heavy atom. The molecule has 1 aromatic carbocycles. The van der Waals surface area contributed by atoms with Crippen LogP contribution in [-0.4, -0.2) is 102 Å². The maximum absolute atomic E-state index is 11.3. The molecule has 0 amide bonds. The van der Waals surface area contributed by atoms with Gasteiger partial charge in [0.15, 0.2) is 0 Å². The Hall–Kier alpha value is -2.16. The number of rotatable bonds is 7. The van der Waals surface area contributed by atoms with Crippen molar-refractivity contribution in [3.63, 3.8) is 0 Å². The van der Waals surface area contributed by atoms with E-state index in [-0.39, 0.29) is 13.1 Å². The summed E-state index contributed by atoms with van der Waals surface area (Å²) in [5.41, 5.74) is 1.13. The fourth-order valence-corrected chi connectivity index (χ4v) is 4.13. The maximum Gasteiger partial charge on any atom is 0.317 e. The lowest BCUT2D eigenvalue weighted by Gasteiger charge is -2.29. The van der Waals surface area contributed by atoms with E-state index in [2.05, 4.69) is 15.6 Å². The van der Waals surface area contributed by atoms with Gasteiger partial charge in [-0.3, -0.25) is 24.3 Å². The molecule has 1 heterocycles. The van der Waals surface area contributed by atoms with Crippen LogP contribution in [0, 0.1) is 10.7 Å². The van der Waals surface area contributed by atoms with Gasteiger partial charge in [-0.15, -0.1) is 0 Å². The molecule has 1 fully saturated rings. The summed E-state index contributed by atoms with van der Waals surface area (Å²) in [6.07, 6.45) is 1.67. The van der Waals surface area contributed by atoms with Crippen molar-refractivity contribution in [3.05, 3.63) is 29.8 Å². The zero-order chi connectivity index (χ0) is 23.2. The molecule has 0 radical (unpaired) electrons. The Labute approximate surface area is 194 Å². The Morgan fingerprint density at radius 2 is 1.47 bits per heavy atom. The second-order valence-electron chi connectivity index (χ2n) is 7.91. The highest BCUT2D eigenvalue weighted by atomic mass is 32.2. The standard InChI is InChI=1S/C22H33N5O4S/c23-18-32-20-5-3-19(4-6-20)15-26-11-2-10-25(16-21(28)29)12-8-24-7-1-9-27(14-13-26)17-22(30)31/h3-6,24H,1-2,7-17H2,(H,28,29)(H,30,31). The molecule has 0 saturated carbocycles. The number of nitriles is 1. The highest BCUT2D eigenvalue weighted by Crippen LogP contribution is 2.17. The van der Waals surface area contributed by atoms with Gasteiger partial charge in [-0.25, -0.2) is 0 Å². The topological polar surface area (TPSA) is 120 Å². The molecule has 1 aromatic rings. The van der Waals surface area contributed by atoms with E-state index in [1.165, 1.54) is 0 Å². The molecule has 1 saturated heterocycles. The Balaban J connectivity index is 2.05. The molecule has 0 bridgehead atoms. The van der Waals surface area contributed by atoms with Gasteiger partial charge in [0.2, 0.25) is 0 Å². The number of carbonyl (C=O) groups is 2. The molecule has 10 heteroatoms. The van der Waals surface area contributed by atoms with E-state index in [4.69, 9.17) is 5.26 Å². The van der Waals surface area contributed by atoms with E-state index in [1.54, 1.807) is 0 Å². The molecule has 0 spiro atoms. The van der Waals surface area contributed by atoms with E-state index >= 15 is 0 Å². The summed E-state index contributed by atoms with van der Waals surface area (Å²) in [5.74, 6) is -1.64. The molecule has 0 atom stereocenters. The first-order valence-electron chi connectivity index (χ1n) is 10.9. The SMILES string of the molecule is N#CSc1ccc(CN2CCCN(CC(=O)O)CCNCCCN(CC(=O)O)CC2)cc1. The quantitative estimate of drug-likeness (QED) is 0.402. The fraction of sp³-hybridized carbons (Fsp3) is 0.591. The number of carboxylic acid groups (broad SMARTS) is 2. The minimum absolute atomic E-state index is 0.0281. The number of thioether (sulfide) groups is 1. The van der Waals surface area contributed by atoms with Crippen LogP contribution in [0.25, 0.3) is 0 Å². The van der Waals surface area contributed by atoms with Gasteiger partial charge in [0, 0.05) is 44.2 Å². The predicted octanol–water partition coefficient (Wildman–Crippen LogP) is 1.22. The zero-order valence-corrected chi connectivity index (χ0v) is 19.2. The third-order valence-electron chi connectivity index (χ3n) is 5.32. The van der Waals surface area contributed by atoms with Crippen molar-refractivity contribution < 1.29 is 19.8 Å². The smallest absolute Gasteiger partial charge is 0.317 e. The Bertz CT molecular complexity index is 756. The van der Waals surface area contributed by atoms with Crippen molar-refractivity contribution in [2.45, 2.75) is 24.3 Å². The first-order valence-corrected chi connectivity index (χ1v) is 11.7. The van der Waals surface area contributed by atoms with Gasteiger partial charge in [-0.05, 0) is 61.9 Å². The monoisotopic (exact) mass is 463 g/mol. The minimum Gasteiger partial charge on any atom is -0.480 e. The molecule has 2 rings (SSSR count). The van der Waals surface area contributed by atoms with Crippen LogP contribution in [0.15, 0.2) is 29.2 Å². The highest BCUT2D eigenvalue weighted by Gasteiger charge is 2.15. The summed E-state index contributed by atoms with van der Waals surface area (Å²) in [5, 5.41) is 32.7. The molecule has 9 nitrogen and oxygen atoms in total. The Morgan fingerprint density at radius 1 is 0.875 bits per heavy atom. The van der Waals surface area contributed by atoms with Crippen LogP contribution in [0.4, 0.5) is 0 Å². The van der Waals surface area contributed by atoms with Crippen molar-refractivity contribution in [2.75, 3.05) is 65.4 Å². The van der Waals surface area contributed by atoms with Crippen molar-refractivity contribution in [1.29, 1.82) is 5.26 Å². The first kappa shape index (κ1) is 26.1. The van der Waals surface area contributed by atoms with Crippen LogP contribution in [-0.2, 0) is 16.1 Å². The van der Waals surface area contributed by atoms with Gasteiger partial charge in [0.25, 0.3) is 0 Å². The second kappa shape index (κ2) is 14.8. The number of nitrogens with zero attached hydrogens (tertiary/aromatic N) is 4. The normalized spacial score (nSPS) is 18.5. The molecule has 3 N–H and O–H groups in total. The first-order chi connectivity index (χ1) is 15.5. The molecular weight excluding hydrogens is 430 g/mol. The van der Waals surface area contributed by atoms with Crippen molar-refractivity contribution in [1.82, 2.24) is 20.0 Å². The molecule has 176 valence electrons. The van der Waals surface area contributed by atoms with Gasteiger partial charge < -0.3 is 15.5 Å². The third-order valence-corrected chi connectivity index (χ3v) is 5.92. The van der Waals surface area contributed by atoms with Gasteiger partial charge in [0.1, 0.15) is 5.40 Å². The van der Waals surface area contributed by atoms with Crippen LogP contribution in [0.3, 0.4) is 0 Å². The largest absolute Gasteiger partial charge is 0.480 e. The highest BCUT2D eigenvalue weighted by molar-refractivity contribution is 8.03. The lowest BCUT2D eigenvalue weighted by molar-refractivity contribution is -0.139. The van der Waals surface area contributed by atoms with Crippen molar-refractivity contribution in [2.24, 2.45) is 0 Å². The van der Waals surface area contributed by atoms with E-state index in [0.29, 0.717) is 32.7 Å². The fourth-order valence-electron chi connectivity index (χ4n) is 3.76. The second-order valence-corrected chi connectivity index (χ2v) is 8.77. The lowest BCUT2D eigenvalue weighted by Crippen LogP contribution is -2.42. The average Bonchev–Trinajstić information content (AvgIpc) is 2.74. The van der Waals surface area contributed by atoms with Crippen molar-refractivity contribution in [3.8, 4) is 5.40 Å². The molecule has 32 heavy (non-hydrogen) atoms. The van der Waals surface area contributed by atoms with Gasteiger partial charge in [-0.2, -0.15) is 5.26 Å². The lowest BCUT2D eigenvalue weighted by atomic mass is 10.2. The van der Waals surface area contributed by atoms with E-state index in [0.717, 1.165) is 61.2 Å². The summed E-state index contributed by atoms with van der Waals surface area (Å²) in [4.78, 5) is 29.6. The molecule has 0 aromatic heterocycles. The third kappa shape index (κ3) is 10.9. The number of hydrogen-bond acceptors (Lipinski definition) is 8. The molecule has 1 aliphatic rings. The number of hydrogen-bond donors (Lipinski definition) is 3. The summed E-state index contributed by atoms with van der Waals surface area (Å²) < 4.78 is 0. The minimum atomic E-state index is -0.819. The van der Waals surface area contributed by atoms with Gasteiger partial charge in [0.05, 0.1) is 13.1 Å². The van der Waals surface area contributed by atoms with Gasteiger partial charge in [-0.1, -0.05) is 12.1 Å². The predicted molar refractivity (Wildman–Crippen MR) is 123 cm³/mol. The average molecular weight is 464 g/mol. The zero-order valence-electron chi connectivity index (χ0n) is 18.4. The van der Waals surface area contributed by atoms with Crippen LogP contribution >= 0.6 is 11.8 Å². The van der Waals surface area contributed by atoms with Crippen LogP contribution in [0.1, 0.15) is 18.4 Å². The van der Waals surface area contributed by atoms with E-state index in [9.17, 15) is 19.8 Å². The van der Waals surface area contributed by atoms with Crippen LogP contribution in [0.5, 0.6) is 0 Å². The molecule has 0 aliphatic carbocycles. The molecule has 0 unspecified atom stereocenters. The van der Waals surface area contributed by atoms with E-state index in [1.807, 2.05) is 34.1 Å². The van der Waals surface area contributed by atoms with Crippen LogP contribution < -0.4 is 5.32 Å². The summed E-state index contributed by atoms with van der Waals surface area (Å²) in [6.45, 7) is 6.51. The number of aliphatic carboxylic acids is 2. The molecule has 1 aliphatic heterocycles. The van der Waals surface area contributed by atoms with Gasteiger partial charge >= 0.3 is 11.9 Å². The summed E-state index contributed by atoms with van der Waals surface area (Å²) in [6, 6.07) is 7.91. The molecular formula is C22H33N5O4S. The number of thiocyanates is 1. The number of carboxylic acids is 2. The van der Waals surface area contributed by atoms with E-state index < -0.39 is 11.9 Å². The van der Waals surface area contributed by atoms with Crippen LogP contribution in [0.2, 0.25) is 0 Å². The maximum atomic E-state index is 11.3. The summed E-state index contributed by atoms with van der Waals surface area (Å²) >= 11 is 1.13. The Kier molecular flexibility index (Phi) is 12.1. The number of nitrogens with one attached hydrogen (secondary N) is 1. The number of benzene rings is 1.